The van der Waals surface area contributed by atoms with Gasteiger partial charge in [0, 0.05) is 17.0 Å². The van der Waals surface area contributed by atoms with Crippen molar-refractivity contribution in [2.75, 3.05) is 0 Å². The number of nitrogens with zero attached hydrogens (tertiary/aromatic N) is 2. The van der Waals surface area contributed by atoms with E-state index in [2.05, 4.69) is 9.97 Å². The zero-order valence-electron chi connectivity index (χ0n) is 10.8. The van der Waals surface area contributed by atoms with Crippen molar-refractivity contribution in [2.45, 2.75) is 11.8 Å². The lowest BCUT2D eigenvalue weighted by molar-refractivity contribution is -0.142. The van der Waals surface area contributed by atoms with E-state index < -0.39 is 11.4 Å². The van der Waals surface area contributed by atoms with Crippen LogP contribution in [0.4, 0.5) is 0 Å². The zero-order valence-corrected chi connectivity index (χ0v) is 12.3. The Kier molecular flexibility index (Phi) is 3.43. The van der Waals surface area contributed by atoms with Gasteiger partial charge in [0.15, 0.2) is 0 Å². The van der Waals surface area contributed by atoms with E-state index in [-0.39, 0.29) is 5.15 Å². The van der Waals surface area contributed by atoms with E-state index in [1.807, 2.05) is 6.08 Å². The minimum absolute atomic E-state index is 0.218. The van der Waals surface area contributed by atoms with Crippen molar-refractivity contribution in [2.24, 2.45) is 0 Å². The van der Waals surface area contributed by atoms with Gasteiger partial charge in [-0.25, -0.2) is 9.97 Å². The summed E-state index contributed by atoms with van der Waals surface area (Å²) in [5, 5.41) is 11.5. The van der Waals surface area contributed by atoms with Crippen LogP contribution in [0, 0.1) is 0 Å². The molecule has 106 valence electrons. The molecule has 0 saturated carbocycles. The Morgan fingerprint density at radius 1 is 1.29 bits per heavy atom. The van der Waals surface area contributed by atoms with Crippen LogP contribution in [0.25, 0.3) is 10.8 Å². The second-order valence-electron chi connectivity index (χ2n) is 4.79. The van der Waals surface area contributed by atoms with Gasteiger partial charge in [0.05, 0.1) is 5.69 Å². The van der Waals surface area contributed by atoms with Crippen molar-refractivity contribution in [1.82, 2.24) is 9.97 Å². The molecular formula is C15H10Cl2N2O2. The van der Waals surface area contributed by atoms with E-state index >= 15 is 0 Å². The second kappa shape index (κ2) is 5.13. The fraction of sp³-hybridized carbons (Fsp3) is 0.133. The van der Waals surface area contributed by atoms with E-state index in [1.165, 1.54) is 0 Å². The number of allylic oxidation sites excluding steroid dienone is 3. The van der Waals surface area contributed by atoms with Crippen molar-refractivity contribution in [3.8, 4) is 0 Å². The van der Waals surface area contributed by atoms with E-state index in [1.54, 1.807) is 36.6 Å². The molecule has 0 spiro atoms. The third kappa shape index (κ3) is 2.30. The highest BCUT2D eigenvalue weighted by Crippen LogP contribution is 2.35. The molecule has 0 saturated heterocycles. The summed E-state index contributed by atoms with van der Waals surface area (Å²) in [5.74, 6) is -0.965. The molecule has 0 radical (unpaired) electrons. The standard InChI is InChI=1S/C15H10Cl2N2O2/c16-12-7-10-9(8-18-12)6-11(19-13(10)17)15(14(20)21)4-2-1-3-5-15/h1-4,6-8H,5H2,(H,20,21)/t15-/m0/s1. The lowest BCUT2D eigenvalue weighted by atomic mass is 9.78. The number of fused-ring (bicyclic) bond motifs is 1. The van der Waals surface area contributed by atoms with Crippen molar-refractivity contribution < 1.29 is 9.90 Å². The number of rotatable bonds is 2. The minimum Gasteiger partial charge on any atom is -0.480 e. The maximum Gasteiger partial charge on any atom is 0.319 e. The predicted molar refractivity (Wildman–Crippen MR) is 81.8 cm³/mol. The van der Waals surface area contributed by atoms with E-state index in [9.17, 15) is 9.90 Å². The number of aliphatic carboxylic acids is 1. The first-order valence-electron chi connectivity index (χ1n) is 6.23. The van der Waals surface area contributed by atoms with Crippen LogP contribution in [-0.4, -0.2) is 21.0 Å². The second-order valence-corrected chi connectivity index (χ2v) is 5.54. The van der Waals surface area contributed by atoms with Gasteiger partial charge in [0.25, 0.3) is 0 Å². The first-order valence-corrected chi connectivity index (χ1v) is 6.98. The molecule has 4 nitrogen and oxygen atoms in total. The third-order valence-electron chi connectivity index (χ3n) is 3.54. The number of hydrogen-bond donors (Lipinski definition) is 1. The van der Waals surface area contributed by atoms with Gasteiger partial charge in [0.2, 0.25) is 0 Å². The Bertz CT molecular complexity index is 802. The van der Waals surface area contributed by atoms with Gasteiger partial charge >= 0.3 is 5.97 Å². The summed E-state index contributed by atoms with van der Waals surface area (Å²) in [6.45, 7) is 0. The highest BCUT2D eigenvalue weighted by molar-refractivity contribution is 6.35. The van der Waals surface area contributed by atoms with Crippen LogP contribution in [-0.2, 0) is 10.2 Å². The SMILES string of the molecule is O=C(O)[C@@]1(c2cc3cnc(Cl)cc3c(Cl)n2)C=CC=CC1. The average Bonchev–Trinajstić information content (AvgIpc) is 2.48. The molecule has 3 rings (SSSR count). The first kappa shape index (κ1) is 14.0. The lowest BCUT2D eigenvalue weighted by Gasteiger charge is -2.26. The Morgan fingerprint density at radius 2 is 2.10 bits per heavy atom. The van der Waals surface area contributed by atoms with Crippen LogP contribution in [0.1, 0.15) is 12.1 Å². The Labute approximate surface area is 130 Å². The number of pyridine rings is 2. The molecule has 1 atom stereocenters. The molecule has 1 aliphatic rings. The normalized spacial score (nSPS) is 20.9. The van der Waals surface area contributed by atoms with E-state index in [0.29, 0.717) is 28.0 Å². The van der Waals surface area contributed by atoms with Crippen LogP contribution >= 0.6 is 23.2 Å². The van der Waals surface area contributed by atoms with Crippen LogP contribution < -0.4 is 0 Å². The highest BCUT2D eigenvalue weighted by atomic mass is 35.5. The molecule has 0 unspecified atom stereocenters. The number of halogens is 2. The van der Waals surface area contributed by atoms with Gasteiger partial charge in [-0.2, -0.15) is 0 Å². The molecule has 0 aliphatic heterocycles. The number of hydrogen-bond acceptors (Lipinski definition) is 3. The van der Waals surface area contributed by atoms with Gasteiger partial charge in [-0.15, -0.1) is 0 Å². The van der Waals surface area contributed by atoms with Gasteiger partial charge in [0.1, 0.15) is 15.7 Å². The molecule has 0 bridgehead atoms. The Hall–Kier alpha value is -1.91. The van der Waals surface area contributed by atoms with Crippen LogP contribution in [0.15, 0.2) is 42.6 Å². The Morgan fingerprint density at radius 3 is 2.76 bits per heavy atom. The van der Waals surface area contributed by atoms with Gasteiger partial charge < -0.3 is 5.11 Å². The van der Waals surface area contributed by atoms with Crippen LogP contribution in [0.2, 0.25) is 10.3 Å². The maximum absolute atomic E-state index is 11.8. The van der Waals surface area contributed by atoms with E-state index in [4.69, 9.17) is 23.2 Å². The number of aromatic nitrogens is 2. The molecule has 6 heteroatoms. The number of carboxylic acid groups (broad SMARTS) is 1. The molecule has 1 N–H and O–H groups in total. The molecule has 1 aliphatic carbocycles. The highest BCUT2D eigenvalue weighted by Gasteiger charge is 2.39. The summed E-state index contributed by atoms with van der Waals surface area (Å²) in [4.78, 5) is 20.0. The zero-order chi connectivity index (χ0) is 15.0. The average molecular weight is 321 g/mol. The summed E-state index contributed by atoms with van der Waals surface area (Å²) >= 11 is 12.0. The molecule has 2 heterocycles. The Balaban J connectivity index is 2.24. The summed E-state index contributed by atoms with van der Waals surface area (Å²) in [7, 11) is 0. The topological polar surface area (TPSA) is 63.1 Å². The molecule has 2 aromatic heterocycles. The molecule has 0 aromatic carbocycles. The maximum atomic E-state index is 11.8. The summed E-state index contributed by atoms with van der Waals surface area (Å²) in [5.41, 5.74) is -0.816. The van der Waals surface area contributed by atoms with Gasteiger partial charge in [-0.05, 0) is 18.6 Å². The molecule has 0 fully saturated rings. The molecular weight excluding hydrogens is 311 g/mol. The van der Waals surface area contributed by atoms with Crippen LogP contribution in [0.5, 0.6) is 0 Å². The van der Waals surface area contributed by atoms with Crippen molar-refractivity contribution in [1.29, 1.82) is 0 Å². The van der Waals surface area contributed by atoms with E-state index in [0.717, 1.165) is 0 Å². The third-order valence-corrected chi connectivity index (χ3v) is 4.04. The fourth-order valence-electron chi connectivity index (χ4n) is 2.39. The van der Waals surface area contributed by atoms with Gasteiger partial charge in [-0.1, -0.05) is 47.5 Å². The van der Waals surface area contributed by atoms with Crippen molar-refractivity contribution in [3.63, 3.8) is 0 Å². The van der Waals surface area contributed by atoms with Crippen LogP contribution in [0.3, 0.4) is 0 Å². The van der Waals surface area contributed by atoms with Gasteiger partial charge in [-0.3, -0.25) is 4.79 Å². The molecule has 2 aromatic rings. The smallest absolute Gasteiger partial charge is 0.319 e. The minimum atomic E-state index is -1.20. The monoisotopic (exact) mass is 320 g/mol. The summed E-state index contributed by atoms with van der Waals surface area (Å²) in [6, 6.07) is 3.31. The fourth-order valence-corrected chi connectivity index (χ4v) is 2.80. The number of carbonyl (C=O) groups is 1. The predicted octanol–water partition coefficient (Wildman–Crippen LogP) is 3.78. The molecule has 0 amide bonds. The summed E-state index contributed by atoms with van der Waals surface area (Å²) < 4.78 is 0. The van der Waals surface area contributed by atoms with Crippen molar-refractivity contribution in [3.05, 3.63) is 58.6 Å². The lowest BCUT2D eigenvalue weighted by Crippen LogP contribution is -2.35. The first-order chi connectivity index (χ1) is 10.0. The quantitative estimate of drug-likeness (QED) is 0.855. The van der Waals surface area contributed by atoms with Crippen molar-refractivity contribution >= 4 is 39.9 Å². The largest absolute Gasteiger partial charge is 0.480 e. The summed E-state index contributed by atoms with van der Waals surface area (Å²) in [6.07, 6.45) is 8.83. The molecule has 21 heavy (non-hydrogen) atoms. The number of carboxylic acids is 1.